The maximum atomic E-state index is 13.3. The van der Waals surface area contributed by atoms with Crippen LogP contribution >= 0.6 is 0 Å². The third-order valence-corrected chi connectivity index (χ3v) is 5.01. The monoisotopic (exact) mass is 470 g/mol. The van der Waals surface area contributed by atoms with Crippen molar-refractivity contribution >= 4 is 12.1 Å². The highest BCUT2D eigenvalue weighted by atomic mass is 19.4. The Labute approximate surface area is 181 Å². The fourth-order valence-electron chi connectivity index (χ4n) is 3.24. The van der Waals surface area contributed by atoms with E-state index < -0.39 is 36.1 Å². The number of hydrogen-bond donors (Lipinski definition) is 0. The first-order valence-electron chi connectivity index (χ1n) is 10.0. The molecule has 1 aromatic carbocycles. The molecule has 1 aromatic rings. The second-order valence-corrected chi connectivity index (χ2v) is 7.28. The molecule has 12 heteroatoms. The molecule has 0 atom stereocenters. The highest BCUT2D eigenvalue weighted by Crippen LogP contribution is 2.34. The van der Waals surface area contributed by atoms with E-state index in [1.54, 1.807) is 0 Å². The first-order valence-corrected chi connectivity index (χ1v) is 10.0. The molecule has 1 saturated heterocycles. The number of amides is 1. The number of carbonyl (C=O) groups is 2. The van der Waals surface area contributed by atoms with Gasteiger partial charge in [0.2, 0.25) is 0 Å². The number of halogens is 6. The van der Waals surface area contributed by atoms with Crippen LogP contribution in [0, 0.1) is 0 Å². The topological polar surface area (TPSA) is 59.1 Å². The number of benzene rings is 1. The van der Waals surface area contributed by atoms with Gasteiger partial charge in [-0.1, -0.05) is 13.8 Å². The van der Waals surface area contributed by atoms with Crippen LogP contribution < -0.4 is 4.74 Å². The molecule has 0 N–H and O–H groups in total. The van der Waals surface area contributed by atoms with Crippen LogP contribution in [-0.2, 0) is 22.3 Å². The Morgan fingerprint density at radius 3 is 2.12 bits per heavy atom. The van der Waals surface area contributed by atoms with Crippen molar-refractivity contribution in [2.45, 2.75) is 51.7 Å². The largest absolute Gasteiger partial charge is 0.491 e. The van der Waals surface area contributed by atoms with E-state index in [9.17, 15) is 35.9 Å². The van der Waals surface area contributed by atoms with Gasteiger partial charge in [-0.2, -0.15) is 26.3 Å². The molecule has 180 valence electrons. The number of piperidine rings is 1. The average Bonchev–Trinajstić information content (AvgIpc) is 2.71. The van der Waals surface area contributed by atoms with Gasteiger partial charge in [0.05, 0.1) is 5.56 Å². The van der Waals surface area contributed by atoms with Gasteiger partial charge in [-0.25, -0.2) is 9.59 Å². The normalized spacial score (nSPS) is 15.7. The van der Waals surface area contributed by atoms with Crippen molar-refractivity contribution in [3.63, 3.8) is 0 Å². The van der Waals surface area contributed by atoms with Gasteiger partial charge in [0, 0.05) is 32.5 Å². The van der Waals surface area contributed by atoms with E-state index in [2.05, 4.69) is 4.74 Å². The SMILES string of the molecule is CCN(CC)Cc1cc(OC2CCN(C(=O)OC(=O)C(F)(F)F)CC2)cc(C(F)(F)F)c1. The summed E-state index contributed by atoms with van der Waals surface area (Å²) in [7, 11) is 0. The summed E-state index contributed by atoms with van der Waals surface area (Å²) in [4.78, 5) is 25.3. The molecule has 1 aliphatic heterocycles. The van der Waals surface area contributed by atoms with Gasteiger partial charge in [0.25, 0.3) is 0 Å². The molecule has 1 fully saturated rings. The molecule has 0 spiro atoms. The van der Waals surface area contributed by atoms with E-state index in [4.69, 9.17) is 4.74 Å². The summed E-state index contributed by atoms with van der Waals surface area (Å²) in [5, 5.41) is 0. The lowest BCUT2D eigenvalue weighted by molar-refractivity contribution is -0.193. The predicted octanol–water partition coefficient (Wildman–Crippen LogP) is 4.62. The summed E-state index contributed by atoms with van der Waals surface area (Å²) in [5.74, 6) is -2.58. The van der Waals surface area contributed by atoms with E-state index in [1.807, 2.05) is 18.7 Å². The van der Waals surface area contributed by atoms with Gasteiger partial charge in [0.1, 0.15) is 11.9 Å². The standard InChI is InChI=1S/C20H24F6N2O4/c1-3-27(4-2)12-13-9-14(19(21,22)23)11-16(10-13)31-15-5-7-28(8-6-15)18(30)32-17(29)20(24,25)26/h9-11,15H,3-8,12H2,1-2H3. The van der Waals surface area contributed by atoms with Crippen LogP contribution in [0.15, 0.2) is 18.2 Å². The molecule has 0 radical (unpaired) electrons. The summed E-state index contributed by atoms with van der Waals surface area (Å²) in [6.45, 7) is 5.29. The van der Waals surface area contributed by atoms with Gasteiger partial charge in [-0.15, -0.1) is 0 Å². The molecule has 0 aliphatic carbocycles. The fourth-order valence-corrected chi connectivity index (χ4v) is 3.24. The molecule has 0 saturated carbocycles. The van der Waals surface area contributed by atoms with Crippen molar-refractivity contribution in [2.75, 3.05) is 26.2 Å². The predicted molar refractivity (Wildman–Crippen MR) is 101 cm³/mol. The first-order chi connectivity index (χ1) is 14.8. The Morgan fingerprint density at radius 2 is 1.62 bits per heavy atom. The van der Waals surface area contributed by atoms with E-state index >= 15 is 0 Å². The van der Waals surface area contributed by atoms with E-state index in [1.165, 1.54) is 6.07 Å². The lowest BCUT2D eigenvalue weighted by Gasteiger charge is -2.31. The second kappa shape index (κ2) is 10.4. The zero-order chi connectivity index (χ0) is 24.1. The minimum atomic E-state index is -5.29. The Bertz CT molecular complexity index is 800. The highest BCUT2D eigenvalue weighted by molar-refractivity contribution is 5.87. The van der Waals surface area contributed by atoms with Crippen molar-refractivity contribution in [3.05, 3.63) is 29.3 Å². The zero-order valence-corrected chi connectivity index (χ0v) is 17.6. The van der Waals surface area contributed by atoms with Gasteiger partial charge in [-0.3, -0.25) is 4.90 Å². The third kappa shape index (κ3) is 7.28. The van der Waals surface area contributed by atoms with Crippen LogP contribution in [-0.4, -0.2) is 60.3 Å². The molecule has 1 heterocycles. The highest BCUT2D eigenvalue weighted by Gasteiger charge is 2.43. The number of hydrogen-bond acceptors (Lipinski definition) is 5. The van der Waals surface area contributed by atoms with Crippen LogP contribution in [0.1, 0.15) is 37.8 Å². The number of alkyl halides is 6. The molecule has 0 unspecified atom stereocenters. The van der Waals surface area contributed by atoms with Crippen molar-refractivity contribution in [1.29, 1.82) is 0 Å². The van der Waals surface area contributed by atoms with Gasteiger partial charge < -0.3 is 14.4 Å². The van der Waals surface area contributed by atoms with Crippen LogP contribution in [0.3, 0.4) is 0 Å². The van der Waals surface area contributed by atoms with Gasteiger partial charge in [0.15, 0.2) is 0 Å². The summed E-state index contributed by atoms with van der Waals surface area (Å²) in [6, 6.07) is 3.49. The molecule has 1 aliphatic rings. The van der Waals surface area contributed by atoms with Crippen LogP contribution in [0.2, 0.25) is 0 Å². The number of carbonyl (C=O) groups excluding carboxylic acids is 2. The summed E-state index contributed by atoms with van der Waals surface area (Å²) in [6.07, 6.45) is -11.5. The number of nitrogens with zero attached hydrogens (tertiary/aromatic N) is 2. The lowest BCUT2D eigenvalue weighted by Crippen LogP contribution is -2.44. The Morgan fingerprint density at radius 1 is 1.03 bits per heavy atom. The maximum absolute atomic E-state index is 13.3. The van der Waals surface area contributed by atoms with E-state index in [0.29, 0.717) is 25.2 Å². The third-order valence-electron chi connectivity index (χ3n) is 5.01. The molecule has 32 heavy (non-hydrogen) atoms. The molecule has 0 aromatic heterocycles. The number of ether oxygens (including phenoxy) is 2. The van der Waals surface area contributed by atoms with Crippen molar-refractivity contribution < 1.29 is 45.4 Å². The minimum absolute atomic E-state index is 0.0234. The number of rotatable bonds is 6. The number of likely N-dealkylation sites (tertiary alicyclic amines) is 1. The smallest absolute Gasteiger partial charge is 0.490 e. The number of esters is 1. The quantitative estimate of drug-likeness (QED) is 0.345. The lowest BCUT2D eigenvalue weighted by atomic mass is 10.1. The fraction of sp³-hybridized carbons (Fsp3) is 0.600. The Kier molecular flexibility index (Phi) is 8.38. The first kappa shape index (κ1) is 25.8. The van der Waals surface area contributed by atoms with E-state index in [-0.39, 0.29) is 31.7 Å². The molecule has 6 nitrogen and oxygen atoms in total. The van der Waals surface area contributed by atoms with Gasteiger partial charge >= 0.3 is 24.4 Å². The Balaban J connectivity index is 2.03. The minimum Gasteiger partial charge on any atom is -0.490 e. The molecule has 1 amide bonds. The second-order valence-electron chi connectivity index (χ2n) is 7.28. The van der Waals surface area contributed by atoms with Crippen LogP contribution in [0.5, 0.6) is 5.75 Å². The molecular weight excluding hydrogens is 446 g/mol. The summed E-state index contributed by atoms with van der Waals surface area (Å²) >= 11 is 0. The van der Waals surface area contributed by atoms with Crippen molar-refractivity contribution in [1.82, 2.24) is 9.80 Å². The molecular formula is C20H24F6N2O4. The van der Waals surface area contributed by atoms with Crippen molar-refractivity contribution in [3.8, 4) is 5.75 Å². The summed E-state index contributed by atoms with van der Waals surface area (Å²) in [5.41, 5.74) is -0.408. The molecule has 2 rings (SSSR count). The van der Waals surface area contributed by atoms with Crippen LogP contribution in [0.4, 0.5) is 31.1 Å². The summed E-state index contributed by atoms with van der Waals surface area (Å²) < 4.78 is 86.1. The van der Waals surface area contributed by atoms with Gasteiger partial charge in [-0.05, 0) is 36.9 Å². The Hall–Kier alpha value is -2.50. The zero-order valence-electron chi connectivity index (χ0n) is 17.6. The van der Waals surface area contributed by atoms with Crippen LogP contribution in [0.25, 0.3) is 0 Å². The van der Waals surface area contributed by atoms with E-state index in [0.717, 1.165) is 17.0 Å². The average molecular weight is 470 g/mol. The maximum Gasteiger partial charge on any atom is 0.491 e. The molecule has 0 bridgehead atoms. The van der Waals surface area contributed by atoms with Crippen molar-refractivity contribution in [2.24, 2.45) is 0 Å².